The number of aryl methyl sites for hydroxylation is 1. The smallest absolute Gasteiger partial charge is 0.138 e. The van der Waals surface area contributed by atoms with Crippen molar-refractivity contribution >= 4 is 34.2 Å². The standard InChI is InChI=1S/C15H20ClIN4/c1-3-7-21-15(19-10-20-21)9-14(18-4-2)11-5-6-13(17)12(16)8-11/h5-6,8,10,14,18H,3-4,7,9H2,1-2H3. The van der Waals surface area contributed by atoms with E-state index in [1.807, 2.05) is 10.7 Å². The van der Waals surface area contributed by atoms with Crippen LogP contribution in [0.4, 0.5) is 0 Å². The maximum Gasteiger partial charge on any atom is 0.138 e. The predicted octanol–water partition coefficient (Wildman–Crippen LogP) is 3.84. The van der Waals surface area contributed by atoms with Gasteiger partial charge in [0.05, 0.1) is 5.02 Å². The molecule has 0 aliphatic rings. The largest absolute Gasteiger partial charge is 0.310 e. The van der Waals surface area contributed by atoms with Gasteiger partial charge >= 0.3 is 0 Å². The molecule has 1 atom stereocenters. The topological polar surface area (TPSA) is 42.7 Å². The van der Waals surface area contributed by atoms with Crippen molar-refractivity contribution in [3.05, 3.63) is 44.5 Å². The molecule has 0 aliphatic heterocycles. The minimum absolute atomic E-state index is 0.198. The molecule has 0 amide bonds. The first kappa shape index (κ1) is 16.7. The number of benzene rings is 1. The fraction of sp³-hybridized carbons (Fsp3) is 0.467. The third-order valence-electron chi connectivity index (χ3n) is 3.31. The highest BCUT2D eigenvalue weighted by Gasteiger charge is 2.16. The molecule has 0 spiro atoms. The molecule has 0 saturated heterocycles. The van der Waals surface area contributed by atoms with Crippen LogP contribution in [0.5, 0.6) is 0 Å². The summed E-state index contributed by atoms with van der Waals surface area (Å²) in [4.78, 5) is 4.40. The van der Waals surface area contributed by atoms with Crippen LogP contribution in [-0.2, 0) is 13.0 Å². The molecular weight excluding hydrogens is 399 g/mol. The molecule has 0 aliphatic carbocycles. The monoisotopic (exact) mass is 418 g/mol. The summed E-state index contributed by atoms with van der Waals surface area (Å²) in [6.07, 6.45) is 3.50. The zero-order chi connectivity index (χ0) is 15.2. The SMILES string of the molecule is CCCn1ncnc1CC(NCC)c1ccc(I)c(Cl)c1. The molecule has 2 aromatic rings. The molecular formula is C15H20ClIN4. The molecule has 2 rings (SSSR count). The summed E-state index contributed by atoms with van der Waals surface area (Å²) in [7, 11) is 0. The minimum Gasteiger partial charge on any atom is -0.310 e. The van der Waals surface area contributed by atoms with Crippen molar-refractivity contribution in [3.63, 3.8) is 0 Å². The van der Waals surface area contributed by atoms with Crippen molar-refractivity contribution in [3.8, 4) is 0 Å². The first-order chi connectivity index (χ1) is 10.2. The molecule has 0 bridgehead atoms. The average Bonchev–Trinajstić information content (AvgIpc) is 2.89. The van der Waals surface area contributed by atoms with Crippen LogP contribution in [0.15, 0.2) is 24.5 Å². The lowest BCUT2D eigenvalue weighted by Crippen LogP contribution is -2.24. The van der Waals surface area contributed by atoms with Gasteiger partial charge in [0.1, 0.15) is 12.2 Å². The highest BCUT2D eigenvalue weighted by molar-refractivity contribution is 14.1. The van der Waals surface area contributed by atoms with E-state index < -0.39 is 0 Å². The van der Waals surface area contributed by atoms with Crippen LogP contribution < -0.4 is 5.32 Å². The van der Waals surface area contributed by atoms with Crippen molar-refractivity contribution < 1.29 is 0 Å². The van der Waals surface area contributed by atoms with Crippen LogP contribution in [0, 0.1) is 3.57 Å². The Bertz CT molecular complexity index is 585. The van der Waals surface area contributed by atoms with Gasteiger partial charge < -0.3 is 5.32 Å². The van der Waals surface area contributed by atoms with Gasteiger partial charge in [0.25, 0.3) is 0 Å². The van der Waals surface area contributed by atoms with E-state index >= 15 is 0 Å². The third kappa shape index (κ3) is 4.40. The molecule has 1 aromatic heterocycles. The summed E-state index contributed by atoms with van der Waals surface area (Å²) in [5, 5.41) is 8.60. The zero-order valence-electron chi connectivity index (χ0n) is 12.3. The van der Waals surface area contributed by atoms with Crippen LogP contribution in [0.1, 0.15) is 37.7 Å². The Kier molecular flexibility index (Phi) is 6.44. The van der Waals surface area contributed by atoms with Crippen molar-refractivity contribution in [2.75, 3.05) is 6.54 Å². The van der Waals surface area contributed by atoms with E-state index in [0.29, 0.717) is 0 Å². The Morgan fingerprint density at radius 1 is 1.38 bits per heavy atom. The Balaban J connectivity index is 2.22. The number of aromatic nitrogens is 3. The number of rotatable bonds is 7. The first-order valence-electron chi connectivity index (χ1n) is 7.20. The van der Waals surface area contributed by atoms with Gasteiger partial charge in [0, 0.05) is 22.6 Å². The van der Waals surface area contributed by atoms with E-state index in [4.69, 9.17) is 11.6 Å². The van der Waals surface area contributed by atoms with Crippen LogP contribution in [0.2, 0.25) is 5.02 Å². The van der Waals surface area contributed by atoms with Crippen molar-refractivity contribution in [1.82, 2.24) is 20.1 Å². The number of halogens is 2. The summed E-state index contributed by atoms with van der Waals surface area (Å²) < 4.78 is 3.06. The van der Waals surface area contributed by atoms with E-state index in [1.165, 1.54) is 5.56 Å². The predicted molar refractivity (Wildman–Crippen MR) is 94.6 cm³/mol. The van der Waals surface area contributed by atoms with Crippen LogP contribution in [0.25, 0.3) is 0 Å². The number of hydrogen-bond acceptors (Lipinski definition) is 3. The fourth-order valence-corrected chi connectivity index (χ4v) is 2.84. The second-order valence-electron chi connectivity index (χ2n) is 4.89. The Labute approximate surface area is 144 Å². The normalized spacial score (nSPS) is 12.6. The van der Waals surface area contributed by atoms with Gasteiger partial charge in [-0.25, -0.2) is 4.98 Å². The van der Waals surface area contributed by atoms with Crippen LogP contribution >= 0.6 is 34.2 Å². The Morgan fingerprint density at radius 2 is 2.19 bits per heavy atom. The van der Waals surface area contributed by atoms with E-state index in [1.54, 1.807) is 6.33 Å². The summed E-state index contributed by atoms with van der Waals surface area (Å²) in [6, 6.07) is 6.42. The molecule has 1 N–H and O–H groups in total. The number of hydrogen-bond donors (Lipinski definition) is 1. The van der Waals surface area contributed by atoms with Gasteiger partial charge in [-0.05, 0) is 53.3 Å². The molecule has 1 heterocycles. The molecule has 0 saturated carbocycles. The van der Waals surface area contributed by atoms with Gasteiger partial charge in [-0.3, -0.25) is 4.68 Å². The van der Waals surface area contributed by atoms with Gasteiger partial charge in [-0.1, -0.05) is 31.5 Å². The molecule has 1 unspecified atom stereocenters. The number of nitrogens with zero attached hydrogens (tertiary/aromatic N) is 3. The lowest BCUT2D eigenvalue weighted by Gasteiger charge is -2.19. The zero-order valence-corrected chi connectivity index (χ0v) is 15.2. The Hall–Kier alpha value is -0.660. The summed E-state index contributed by atoms with van der Waals surface area (Å²) in [6.45, 7) is 6.06. The van der Waals surface area contributed by atoms with E-state index in [9.17, 15) is 0 Å². The summed E-state index contributed by atoms with van der Waals surface area (Å²) in [5.74, 6) is 1.01. The second-order valence-corrected chi connectivity index (χ2v) is 6.46. The number of nitrogens with one attached hydrogen (secondary N) is 1. The lowest BCUT2D eigenvalue weighted by molar-refractivity contribution is 0.498. The quantitative estimate of drug-likeness (QED) is 0.695. The fourth-order valence-electron chi connectivity index (χ4n) is 2.31. The molecule has 1 aromatic carbocycles. The van der Waals surface area contributed by atoms with E-state index in [2.05, 4.69) is 64.0 Å². The third-order valence-corrected chi connectivity index (χ3v) is 4.89. The maximum absolute atomic E-state index is 6.25. The molecule has 0 fully saturated rings. The number of likely N-dealkylation sites (N-methyl/N-ethyl adjacent to an activating group) is 1. The summed E-state index contributed by atoms with van der Waals surface area (Å²) >= 11 is 8.50. The van der Waals surface area contributed by atoms with Gasteiger partial charge in [0.15, 0.2) is 0 Å². The molecule has 21 heavy (non-hydrogen) atoms. The average molecular weight is 419 g/mol. The van der Waals surface area contributed by atoms with Crippen molar-refractivity contribution in [2.24, 2.45) is 0 Å². The molecule has 6 heteroatoms. The summed E-state index contributed by atoms with van der Waals surface area (Å²) in [5.41, 5.74) is 1.19. The Morgan fingerprint density at radius 3 is 2.86 bits per heavy atom. The highest BCUT2D eigenvalue weighted by atomic mass is 127. The van der Waals surface area contributed by atoms with Crippen molar-refractivity contribution in [2.45, 2.75) is 39.3 Å². The minimum atomic E-state index is 0.198. The van der Waals surface area contributed by atoms with Gasteiger partial charge in [0.2, 0.25) is 0 Å². The van der Waals surface area contributed by atoms with Crippen molar-refractivity contribution in [1.29, 1.82) is 0 Å². The second kappa shape index (κ2) is 8.10. The van der Waals surface area contributed by atoms with E-state index in [-0.39, 0.29) is 6.04 Å². The van der Waals surface area contributed by atoms with Gasteiger partial charge in [-0.2, -0.15) is 5.10 Å². The maximum atomic E-state index is 6.25. The molecule has 4 nitrogen and oxygen atoms in total. The van der Waals surface area contributed by atoms with Crippen LogP contribution in [-0.4, -0.2) is 21.3 Å². The lowest BCUT2D eigenvalue weighted by atomic mass is 10.0. The molecule has 114 valence electrons. The molecule has 0 radical (unpaired) electrons. The first-order valence-corrected chi connectivity index (χ1v) is 8.66. The van der Waals surface area contributed by atoms with E-state index in [0.717, 1.165) is 40.3 Å². The van der Waals surface area contributed by atoms with Crippen LogP contribution in [0.3, 0.4) is 0 Å². The highest BCUT2D eigenvalue weighted by Crippen LogP contribution is 2.25. The van der Waals surface area contributed by atoms with Gasteiger partial charge in [-0.15, -0.1) is 0 Å².